The molecule has 0 bridgehead atoms. The highest BCUT2D eigenvalue weighted by molar-refractivity contribution is 5.89. The van der Waals surface area contributed by atoms with Gasteiger partial charge in [-0.25, -0.2) is 0 Å². The molecule has 1 fully saturated rings. The molecule has 2 aromatic rings. The van der Waals surface area contributed by atoms with Crippen molar-refractivity contribution < 1.29 is 4.79 Å². The number of nitrogens with two attached hydrogens (primary N) is 1. The molecule has 0 saturated heterocycles. The molecule has 3 N–H and O–H groups in total. The first-order valence-electron chi connectivity index (χ1n) is 8.18. The third kappa shape index (κ3) is 6.30. The first-order chi connectivity index (χ1) is 11.2. The summed E-state index contributed by atoms with van der Waals surface area (Å²) in [5, 5.41) is 7.27. The Morgan fingerprint density at radius 2 is 2.00 bits per heavy atom. The number of halogens is 2. The van der Waals surface area contributed by atoms with Crippen LogP contribution < -0.4 is 11.1 Å². The average molecular weight is 386 g/mol. The van der Waals surface area contributed by atoms with E-state index in [1.54, 1.807) is 12.4 Å². The maximum atomic E-state index is 12.1. The minimum absolute atomic E-state index is 0. The molecule has 0 spiro atoms. The van der Waals surface area contributed by atoms with E-state index in [9.17, 15) is 4.79 Å². The summed E-state index contributed by atoms with van der Waals surface area (Å²) in [6.45, 7) is 0.771. The SMILES string of the molecule is Cl.Cl.N[C@@H]1CCC[C@H]1CC(=O)Nc1ccn(CCc2ccncc2)n1. The van der Waals surface area contributed by atoms with Crippen LogP contribution in [-0.2, 0) is 17.8 Å². The molecule has 0 radical (unpaired) electrons. The van der Waals surface area contributed by atoms with Crippen LogP contribution in [0.1, 0.15) is 31.2 Å². The number of pyridine rings is 1. The standard InChI is InChI=1S/C17H23N5O.2ClH/c18-15-3-1-2-14(15)12-17(23)20-16-7-11-22(21-16)10-6-13-4-8-19-9-5-13;;/h4-5,7-9,11,14-15H,1-3,6,10,12,18H2,(H,20,21,23);2*1H/t14-,15+;;/m0../s1. The van der Waals surface area contributed by atoms with E-state index >= 15 is 0 Å². The molecule has 8 heteroatoms. The second-order valence-corrected chi connectivity index (χ2v) is 6.18. The van der Waals surface area contributed by atoms with Gasteiger partial charge < -0.3 is 11.1 Å². The fourth-order valence-corrected chi connectivity index (χ4v) is 3.10. The van der Waals surface area contributed by atoms with Crippen LogP contribution in [0.4, 0.5) is 5.82 Å². The molecular weight excluding hydrogens is 361 g/mol. The molecule has 2 aromatic heterocycles. The summed E-state index contributed by atoms with van der Waals surface area (Å²) in [6.07, 6.45) is 10.0. The minimum atomic E-state index is 0. The maximum absolute atomic E-state index is 12.1. The largest absolute Gasteiger partial charge is 0.327 e. The summed E-state index contributed by atoms with van der Waals surface area (Å²) < 4.78 is 1.84. The molecule has 25 heavy (non-hydrogen) atoms. The van der Waals surface area contributed by atoms with Crippen molar-refractivity contribution in [3.05, 3.63) is 42.4 Å². The molecule has 0 unspecified atom stereocenters. The second kappa shape index (κ2) is 10.4. The van der Waals surface area contributed by atoms with Gasteiger partial charge in [0, 0.05) is 43.7 Å². The van der Waals surface area contributed by atoms with E-state index in [1.165, 1.54) is 5.56 Å². The lowest BCUT2D eigenvalue weighted by atomic mass is 10.00. The van der Waals surface area contributed by atoms with E-state index in [0.717, 1.165) is 32.2 Å². The summed E-state index contributed by atoms with van der Waals surface area (Å²) in [5.41, 5.74) is 7.23. The van der Waals surface area contributed by atoms with Crippen molar-refractivity contribution in [2.45, 2.75) is 44.7 Å². The maximum Gasteiger partial charge on any atom is 0.225 e. The fourth-order valence-electron chi connectivity index (χ4n) is 3.10. The van der Waals surface area contributed by atoms with Crippen molar-refractivity contribution in [2.24, 2.45) is 11.7 Å². The number of rotatable bonds is 6. The lowest BCUT2D eigenvalue weighted by Gasteiger charge is -2.13. The predicted octanol–water partition coefficient (Wildman–Crippen LogP) is 2.82. The Kier molecular flexibility index (Phi) is 8.89. The summed E-state index contributed by atoms with van der Waals surface area (Å²) in [5.74, 6) is 0.923. The first kappa shape index (κ1) is 21.4. The topological polar surface area (TPSA) is 85.8 Å². The normalized spacial score (nSPS) is 18.9. The third-order valence-electron chi connectivity index (χ3n) is 4.45. The number of aryl methyl sites for hydroxylation is 2. The van der Waals surface area contributed by atoms with Crippen LogP contribution in [0.3, 0.4) is 0 Å². The Labute approximate surface area is 160 Å². The summed E-state index contributed by atoms with van der Waals surface area (Å²) in [7, 11) is 0. The monoisotopic (exact) mass is 385 g/mol. The van der Waals surface area contributed by atoms with Gasteiger partial charge in [-0.05, 0) is 42.9 Å². The van der Waals surface area contributed by atoms with Gasteiger partial charge in [0.05, 0.1) is 0 Å². The molecule has 1 saturated carbocycles. The van der Waals surface area contributed by atoms with Crippen LogP contribution in [0.15, 0.2) is 36.8 Å². The average Bonchev–Trinajstić information content (AvgIpc) is 3.16. The number of hydrogen-bond acceptors (Lipinski definition) is 4. The zero-order valence-corrected chi connectivity index (χ0v) is 15.6. The molecule has 1 aliphatic rings. The van der Waals surface area contributed by atoms with E-state index < -0.39 is 0 Å². The highest BCUT2D eigenvalue weighted by atomic mass is 35.5. The Morgan fingerprint density at radius 3 is 2.68 bits per heavy atom. The van der Waals surface area contributed by atoms with Gasteiger partial charge in [0.2, 0.25) is 5.91 Å². The molecular formula is C17H25Cl2N5O. The number of anilines is 1. The zero-order chi connectivity index (χ0) is 16.1. The van der Waals surface area contributed by atoms with E-state index in [-0.39, 0.29) is 36.8 Å². The molecule has 1 amide bonds. The van der Waals surface area contributed by atoms with Gasteiger partial charge in [-0.2, -0.15) is 5.10 Å². The number of hydrogen-bond donors (Lipinski definition) is 2. The number of aromatic nitrogens is 3. The Hall–Kier alpha value is -1.63. The van der Waals surface area contributed by atoms with Crippen LogP contribution in [0.5, 0.6) is 0 Å². The Bertz CT molecular complexity index is 649. The van der Waals surface area contributed by atoms with Crippen molar-refractivity contribution in [2.75, 3.05) is 5.32 Å². The summed E-state index contributed by atoms with van der Waals surface area (Å²) in [6, 6.07) is 5.99. The molecule has 2 atom stereocenters. The number of carbonyl (C=O) groups is 1. The molecule has 0 aromatic carbocycles. The lowest BCUT2D eigenvalue weighted by molar-refractivity contribution is -0.117. The quantitative estimate of drug-likeness (QED) is 0.800. The number of carbonyl (C=O) groups excluding carboxylic acids is 1. The van der Waals surface area contributed by atoms with Gasteiger partial charge in [0.1, 0.15) is 0 Å². The number of nitrogens with one attached hydrogen (secondary N) is 1. The summed E-state index contributed by atoms with van der Waals surface area (Å²) in [4.78, 5) is 16.1. The third-order valence-corrected chi connectivity index (χ3v) is 4.45. The molecule has 1 aliphatic carbocycles. The highest BCUT2D eigenvalue weighted by Gasteiger charge is 2.26. The van der Waals surface area contributed by atoms with E-state index in [0.29, 0.717) is 18.2 Å². The summed E-state index contributed by atoms with van der Waals surface area (Å²) >= 11 is 0. The van der Waals surface area contributed by atoms with Crippen molar-refractivity contribution in [1.82, 2.24) is 14.8 Å². The Morgan fingerprint density at radius 1 is 1.24 bits per heavy atom. The van der Waals surface area contributed by atoms with E-state index in [1.807, 2.05) is 29.1 Å². The van der Waals surface area contributed by atoms with E-state index in [4.69, 9.17) is 5.73 Å². The van der Waals surface area contributed by atoms with Gasteiger partial charge in [0.15, 0.2) is 5.82 Å². The molecule has 0 aliphatic heterocycles. The lowest BCUT2D eigenvalue weighted by Crippen LogP contribution is -2.28. The molecule has 2 heterocycles. The second-order valence-electron chi connectivity index (χ2n) is 6.18. The molecule has 6 nitrogen and oxygen atoms in total. The van der Waals surface area contributed by atoms with Crippen molar-refractivity contribution in [1.29, 1.82) is 0 Å². The number of amides is 1. The smallest absolute Gasteiger partial charge is 0.225 e. The van der Waals surface area contributed by atoms with Crippen LogP contribution in [0.2, 0.25) is 0 Å². The van der Waals surface area contributed by atoms with Crippen molar-refractivity contribution in [3.63, 3.8) is 0 Å². The van der Waals surface area contributed by atoms with Crippen molar-refractivity contribution >= 4 is 36.5 Å². The number of nitrogens with zero attached hydrogens (tertiary/aromatic N) is 3. The van der Waals surface area contributed by atoms with E-state index in [2.05, 4.69) is 15.4 Å². The predicted molar refractivity (Wildman–Crippen MR) is 103 cm³/mol. The van der Waals surface area contributed by atoms with Gasteiger partial charge in [0.25, 0.3) is 0 Å². The highest BCUT2D eigenvalue weighted by Crippen LogP contribution is 2.27. The molecule has 138 valence electrons. The Balaban J connectivity index is 0.00000156. The van der Waals surface area contributed by atoms with Crippen LogP contribution in [0.25, 0.3) is 0 Å². The fraction of sp³-hybridized carbons (Fsp3) is 0.471. The van der Waals surface area contributed by atoms with Crippen molar-refractivity contribution in [3.8, 4) is 0 Å². The van der Waals surface area contributed by atoms with Crippen LogP contribution >= 0.6 is 24.8 Å². The van der Waals surface area contributed by atoms with Gasteiger partial charge in [-0.1, -0.05) is 6.42 Å². The van der Waals surface area contributed by atoms with Crippen LogP contribution in [0, 0.1) is 5.92 Å². The van der Waals surface area contributed by atoms with Gasteiger partial charge in [-0.15, -0.1) is 24.8 Å². The molecule has 3 rings (SSSR count). The minimum Gasteiger partial charge on any atom is -0.327 e. The van der Waals surface area contributed by atoms with Gasteiger partial charge >= 0.3 is 0 Å². The van der Waals surface area contributed by atoms with Gasteiger partial charge in [-0.3, -0.25) is 14.5 Å². The zero-order valence-electron chi connectivity index (χ0n) is 14.0. The first-order valence-corrected chi connectivity index (χ1v) is 8.18. The van der Waals surface area contributed by atoms with Crippen LogP contribution in [-0.4, -0.2) is 26.7 Å².